The fourth-order valence-electron chi connectivity index (χ4n) is 1.82. The van der Waals surface area contributed by atoms with Crippen molar-refractivity contribution >= 4 is 49.9 Å². The first kappa shape index (κ1) is 14.3. The molecule has 0 aliphatic carbocycles. The van der Waals surface area contributed by atoms with Gasteiger partial charge in [0.05, 0.1) is 11.4 Å². The summed E-state index contributed by atoms with van der Waals surface area (Å²) in [5, 5.41) is 1.87. The topological polar surface area (TPSA) is 66.8 Å². The van der Waals surface area contributed by atoms with Crippen LogP contribution in [-0.4, -0.2) is 25.2 Å². The average molecular weight is 338 g/mol. The van der Waals surface area contributed by atoms with Gasteiger partial charge in [0, 0.05) is 0 Å². The van der Waals surface area contributed by atoms with Gasteiger partial charge in [-0.2, -0.15) is 8.42 Å². The molecule has 3 rings (SSSR count). The second-order valence-electron chi connectivity index (χ2n) is 4.13. The van der Waals surface area contributed by atoms with E-state index in [-0.39, 0.29) is 21.0 Å². The number of hydrogen-bond donors (Lipinski definition) is 0. The molecule has 1 aliphatic heterocycles. The van der Waals surface area contributed by atoms with Crippen molar-refractivity contribution in [1.29, 1.82) is 0 Å². The van der Waals surface area contributed by atoms with Gasteiger partial charge in [-0.25, -0.2) is 0 Å². The number of amidine groups is 1. The van der Waals surface area contributed by atoms with Gasteiger partial charge in [0.15, 0.2) is 5.17 Å². The summed E-state index contributed by atoms with van der Waals surface area (Å²) >= 11 is 2.23. The van der Waals surface area contributed by atoms with Gasteiger partial charge in [0.25, 0.3) is 10.0 Å². The number of anilines is 1. The predicted molar refractivity (Wildman–Crippen MR) is 85.3 cm³/mol. The van der Waals surface area contributed by atoms with Gasteiger partial charge in [0.1, 0.15) is 4.21 Å². The zero-order valence-corrected chi connectivity index (χ0v) is 13.1. The van der Waals surface area contributed by atoms with Gasteiger partial charge in [-0.05, 0) is 23.6 Å². The number of nitrogens with zero attached hydrogens (tertiary/aromatic N) is 2. The number of sulfonamides is 1. The summed E-state index contributed by atoms with van der Waals surface area (Å²) in [7, 11) is -3.77. The molecule has 2 heterocycles. The Morgan fingerprint density at radius 3 is 2.52 bits per heavy atom. The Balaban J connectivity index is 2.02. The lowest BCUT2D eigenvalue weighted by atomic mass is 10.3. The largest absolute Gasteiger partial charge is 0.294 e. The average Bonchev–Trinajstić information content (AvgIpc) is 3.10. The van der Waals surface area contributed by atoms with E-state index in [9.17, 15) is 13.2 Å². The number of thiophene rings is 1. The van der Waals surface area contributed by atoms with E-state index in [1.807, 2.05) is 6.07 Å². The molecule has 0 bridgehead atoms. The van der Waals surface area contributed by atoms with Crippen molar-refractivity contribution in [2.45, 2.75) is 4.21 Å². The molecule has 1 aromatic heterocycles. The monoisotopic (exact) mass is 338 g/mol. The van der Waals surface area contributed by atoms with E-state index in [2.05, 4.69) is 4.40 Å². The Kier molecular flexibility index (Phi) is 3.83. The molecule has 8 heteroatoms. The number of amides is 1. The third-order valence-corrected chi connectivity index (χ3v) is 6.41. The van der Waals surface area contributed by atoms with Crippen LogP contribution in [0.4, 0.5) is 5.69 Å². The Bertz CT molecular complexity index is 783. The van der Waals surface area contributed by atoms with Crippen LogP contribution in [0, 0.1) is 0 Å². The first-order valence-electron chi connectivity index (χ1n) is 5.97. The van der Waals surface area contributed by atoms with Gasteiger partial charge in [-0.1, -0.05) is 36.0 Å². The van der Waals surface area contributed by atoms with Crippen molar-refractivity contribution < 1.29 is 13.2 Å². The fourth-order valence-corrected chi connectivity index (χ4v) is 4.88. The zero-order chi connectivity index (χ0) is 14.9. The summed E-state index contributed by atoms with van der Waals surface area (Å²) in [6.07, 6.45) is 0. The van der Waals surface area contributed by atoms with Crippen molar-refractivity contribution in [1.82, 2.24) is 0 Å². The molecule has 0 N–H and O–H groups in total. The molecule has 1 saturated heterocycles. The summed E-state index contributed by atoms with van der Waals surface area (Å²) in [6, 6.07) is 12.1. The summed E-state index contributed by atoms with van der Waals surface area (Å²) in [6.45, 7) is 0. The Hall–Kier alpha value is -1.64. The molecular formula is C13H10N2O3S3. The van der Waals surface area contributed by atoms with Crippen LogP contribution in [0.25, 0.3) is 0 Å². The van der Waals surface area contributed by atoms with Crippen LogP contribution < -0.4 is 4.90 Å². The third kappa shape index (κ3) is 2.87. The van der Waals surface area contributed by atoms with Gasteiger partial charge >= 0.3 is 0 Å². The fraction of sp³-hybridized carbons (Fsp3) is 0.0769. The minimum absolute atomic E-state index is 0.169. The highest BCUT2D eigenvalue weighted by Crippen LogP contribution is 2.28. The minimum atomic E-state index is -3.77. The standard InChI is InChI=1S/C13H10N2O3S3/c16-11-9-20-13(15(11)10-5-2-1-3-6-10)14-21(17,18)12-7-4-8-19-12/h1-8H,9H2/b14-13-. The lowest BCUT2D eigenvalue weighted by Crippen LogP contribution is -2.29. The van der Waals surface area contributed by atoms with Crippen LogP contribution in [0.5, 0.6) is 0 Å². The van der Waals surface area contributed by atoms with Crippen LogP contribution in [0.2, 0.25) is 0 Å². The molecule has 0 spiro atoms. The van der Waals surface area contributed by atoms with Crippen molar-refractivity contribution in [3.63, 3.8) is 0 Å². The zero-order valence-electron chi connectivity index (χ0n) is 10.7. The van der Waals surface area contributed by atoms with Gasteiger partial charge in [0.2, 0.25) is 5.91 Å². The van der Waals surface area contributed by atoms with Crippen molar-refractivity contribution in [3.8, 4) is 0 Å². The van der Waals surface area contributed by atoms with Crippen molar-refractivity contribution in [2.24, 2.45) is 4.40 Å². The van der Waals surface area contributed by atoms with Crippen LogP contribution in [0.1, 0.15) is 0 Å². The maximum atomic E-state index is 12.2. The Morgan fingerprint density at radius 1 is 1.10 bits per heavy atom. The number of hydrogen-bond acceptors (Lipinski definition) is 5. The first-order valence-corrected chi connectivity index (χ1v) is 9.28. The predicted octanol–water partition coefficient (Wildman–Crippen LogP) is 2.57. The molecule has 21 heavy (non-hydrogen) atoms. The SMILES string of the molecule is O=C1CS/C(=N\S(=O)(=O)c2cccs2)N1c1ccccc1. The van der Waals surface area contributed by atoms with Crippen molar-refractivity contribution in [2.75, 3.05) is 10.7 Å². The quantitative estimate of drug-likeness (QED) is 0.863. The molecule has 1 fully saturated rings. The van der Waals surface area contributed by atoms with E-state index in [4.69, 9.17) is 0 Å². The van der Waals surface area contributed by atoms with Gasteiger partial charge < -0.3 is 0 Å². The van der Waals surface area contributed by atoms with Gasteiger partial charge in [-0.3, -0.25) is 9.69 Å². The molecular weight excluding hydrogens is 328 g/mol. The minimum Gasteiger partial charge on any atom is -0.273 e. The molecule has 0 saturated carbocycles. The highest BCUT2D eigenvalue weighted by molar-refractivity contribution is 8.16. The van der Waals surface area contributed by atoms with E-state index >= 15 is 0 Å². The van der Waals surface area contributed by atoms with Crippen LogP contribution in [-0.2, 0) is 14.8 Å². The number of para-hydroxylation sites is 1. The third-order valence-electron chi connectivity index (χ3n) is 2.73. The second-order valence-corrected chi connectivity index (χ2v) is 7.86. The Morgan fingerprint density at radius 2 is 1.86 bits per heavy atom. The summed E-state index contributed by atoms with van der Waals surface area (Å²) < 4.78 is 28.4. The smallest absolute Gasteiger partial charge is 0.273 e. The van der Waals surface area contributed by atoms with E-state index in [1.54, 1.807) is 35.7 Å². The number of benzene rings is 1. The number of carbonyl (C=O) groups excluding carboxylic acids is 1. The van der Waals surface area contributed by atoms with Crippen molar-refractivity contribution in [3.05, 3.63) is 47.8 Å². The molecule has 5 nitrogen and oxygen atoms in total. The first-order chi connectivity index (χ1) is 10.1. The van der Waals surface area contributed by atoms with Gasteiger partial charge in [-0.15, -0.1) is 15.7 Å². The van der Waals surface area contributed by atoms with Crippen LogP contribution >= 0.6 is 23.1 Å². The second kappa shape index (κ2) is 5.63. The van der Waals surface area contributed by atoms with E-state index < -0.39 is 10.0 Å². The molecule has 1 aromatic carbocycles. The molecule has 0 atom stereocenters. The lowest BCUT2D eigenvalue weighted by Gasteiger charge is -2.15. The summed E-state index contributed by atoms with van der Waals surface area (Å²) in [5.74, 6) is 0.0135. The highest BCUT2D eigenvalue weighted by Gasteiger charge is 2.31. The summed E-state index contributed by atoms with van der Waals surface area (Å²) in [4.78, 5) is 13.3. The molecule has 0 unspecified atom stereocenters. The number of carbonyl (C=O) groups is 1. The van der Waals surface area contributed by atoms with E-state index in [0.29, 0.717) is 5.69 Å². The molecule has 108 valence electrons. The molecule has 2 aromatic rings. The lowest BCUT2D eigenvalue weighted by molar-refractivity contribution is -0.115. The normalized spacial score (nSPS) is 17.6. The maximum absolute atomic E-state index is 12.2. The van der Waals surface area contributed by atoms with E-state index in [1.165, 1.54) is 11.0 Å². The van der Waals surface area contributed by atoms with Crippen LogP contribution in [0.3, 0.4) is 0 Å². The number of thioether (sulfide) groups is 1. The summed E-state index contributed by atoms with van der Waals surface area (Å²) in [5.41, 5.74) is 0.618. The number of rotatable bonds is 3. The Labute approximate surface area is 130 Å². The molecule has 0 radical (unpaired) electrons. The molecule has 1 amide bonds. The van der Waals surface area contributed by atoms with E-state index in [0.717, 1.165) is 23.1 Å². The molecule has 1 aliphatic rings. The highest BCUT2D eigenvalue weighted by atomic mass is 32.2. The van der Waals surface area contributed by atoms with Crippen LogP contribution in [0.15, 0.2) is 56.5 Å². The maximum Gasteiger partial charge on any atom is 0.294 e.